The summed E-state index contributed by atoms with van der Waals surface area (Å²) in [6, 6.07) is 4.17. The summed E-state index contributed by atoms with van der Waals surface area (Å²) in [4.78, 5) is 17.4. The van der Waals surface area contributed by atoms with Gasteiger partial charge in [-0.3, -0.25) is 9.69 Å². The van der Waals surface area contributed by atoms with Gasteiger partial charge in [0.25, 0.3) is 0 Å². The third kappa shape index (κ3) is 3.94. The molecule has 1 aromatic carbocycles. The number of fused-ring (bicyclic) bond motifs is 2. The van der Waals surface area contributed by atoms with Gasteiger partial charge in [0.2, 0.25) is 5.91 Å². The zero-order chi connectivity index (χ0) is 22.5. The largest absolute Gasteiger partial charge is 0.416 e. The van der Waals surface area contributed by atoms with Crippen LogP contribution in [-0.2, 0) is 11.0 Å². The number of hydrogen-bond donors (Lipinski definition) is 2. The number of hydrogen-bond acceptors (Lipinski definition) is 6. The number of anilines is 1. The number of carbonyl (C=O) groups excluding carboxylic acids is 1. The molecule has 3 aliphatic rings. The monoisotopic (exact) mass is 452 g/mol. The predicted octanol–water partition coefficient (Wildman–Crippen LogP) is 3.24. The molecule has 2 atom stereocenters. The highest BCUT2D eigenvalue weighted by molar-refractivity contribution is 5.91. The Hall–Kier alpha value is -2.33. The number of rotatable bonds is 4. The van der Waals surface area contributed by atoms with E-state index in [2.05, 4.69) is 15.4 Å². The van der Waals surface area contributed by atoms with Crippen LogP contribution in [-0.4, -0.2) is 69.8 Å². The molecule has 2 aliphatic heterocycles. The fraction of sp³-hybridized carbons (Fsp3) is 0.636. The summed E-state index contributed by atoms with van der Waals surface area (Å²) in [5.74, 6) is 0.0607. The molecule has 2 saturated heterocycles. The van der Waals surface area contributed by atoms with Crippen molar-refractivity contribution in [1.29, 1.82) is 0 Å². The fourth-order valence-corrected chi connectivity index (χ4v) is 5.68. The average Bonchev–Trinajstić information content (AvgIpc) is 3.46. The average molecular weight is 452 g/mol. The Morgan fingerprint density at radius 2 is 1.88 bits per heavy atom. The Morgan fingerprint density at radius 3 is 2.62 bits per heavy atom. The second-order valence-electron chi connectivity index (χ2n) is 9.09. The molecule has 2 N–H and O–H groups in total. The van der Waals surface area contributed by atoms with E-state index in [4.69, 9.17) is 4.52 Å². The van der Waals surface area contributed by atoms with E-state index in [1.165, 1.54) is 6.07 Å². The van der Waals surface area contributed by atoms with Gasteiger partial charge in [0.15, 0.2) is 11.4 Å². The van der Waals surface area contributed by atoms with Crippen LogP contribution in [0.1, 0.15) is 44.1 Å². The number of carbonyl (C=O) groups is 1. The summed E-state index contributed by atoms with van der Waals surface area (Å²) in [5.41, 5.74) is -0.551. The van der Waals surface area contributed by atoms with E-state index in [-0.39, 0.29) is 41.4 Å². The molecule has 3 heterocycles. The van der Waals surface area contributed by atoms with Gasteiger partial charge in [0.05, 0.1) is 23.6 Å². The standard InChI is InChI=1S/C22H27F3N4O3/c23-22(24,25)13-1-6-19-16(11-13)21(27-32-19)26-12-20(31)29-10-8-17-18(29)7-9-28(17)14-2-4-15(30)5-3-14/h1,6,11,14-15,17-18,30H,2-5,7-10,12H2,(H,26,27). The van der Waals surface area contributed by atoms with Crippen molar-refractivity contribution in [2.75, 3.05) is 25.0 Å². The summed E-state index contributed by atoms with van der Waals surface area (Å²) in [7, 11) is 0. The number of nitrogens with one attached hydrogen (secondary N) is 1. The molecule has 1 saturated carbocycles. The van der Waals surface area contributed by atoms with Gasteiger partial charge in [-0.25, -0.2) is 0 Å². The van der Waals surface area contributed by atoms with Crippen LogP contribution >= 0.6 is 0 Å². The van der Waals surface area contributed by atoms with Gasteiger partial charge in [0, 0.05) is 31.2 Å². The minimum atomic E-state index is -4.46. The molecule has 174 valence electrons. The molecule has 2 unspecified atom stereocenters. The summed E-state index contributed by atoms with van der Waals surface area (Å²) >= 11 is 0. The molecular formula is C22H27F3N4O3. The lowest BCUT2D eigenvalue weighted by molar-refractivity contribution is -0.137. The number of aliphatic hydroxyl groups is 1. The van der Waals surface area contributed by atoms with Crippen molar-refractivity contribution in [3.05, 3.63) is 23.8 Å². The first-order valence-corrected chi connectivity index (χ1v) is 11.2. The maximum atomic E-state index is 13.0. The van der Waals surface area contributed by atoms with Crippen LogP contribution in [0, 0.1) is 0 Å². The normalized spacial score (nSPS) is 28.9. The Bertz CT molecular complexity index is 986. The number of alkyl halides is 3. The lowest BCUT2D eigenvalue weighted by Gasteiger charge is -2.36. The van der Waals surface area contributed by atoms with E-state index >= 15 is 0 Å². The zero-order valence-electron chi connectivity index (χ0n) is 17.6. The number of likely N-dealkylation sites (tertiary alicyclic amines) is 2. The number of halogens is 3. The highest BCUT2D eigenvalue weighted by Crippen LogP contribution is 2.37. The zero-order valence-corrected chi connectivity index (χ0v) is 17.6. The van der Waals surface area contributed by atoms with Crippen LogP contribution in [0.15, 0.2) is 22.7 Å². The van der Waals surface area contributed by atoms with E-state index in [0.717, 1.165) is 57.2 Å². The molecule has 32 heavy (non-hydrogen) atoms. The van der Waals surface area contributed by atoms with Gasteiger partial charge in [-0.15, -0.1) is 0 Å². The van der Waals surface area contributed by atoms with Crippen LogP contribution in [0.2, 0.25) is 0 Å². The summed E-state index contributed by atoms with van der Waals surface area (Å²) in [6.07, 6.45) is 0.886. The Kier molecular flexibility index (Phi) is 5.53. The minimum Gasteiger partial charge on any atom is -0.393 e. The number of nitrogens with zero attached hydrogens (tertiary/aromatic N) is 3. The van der Waals surface area contributed by atoms with E-state index in [1.54, 1.807) is 0 Å². The first kappa shape index (κ1) is 21.5. The lowest BCUT2D eigenvalue weighted by atomic mass is 9.91. The second-order valence-corrected chi connectivity index (χ2v) is 9.09. The van der Waals surface area contributed by atoms with Crippen LogP contribution in [0.5, 0.6) is 0 Å². The van der Waals surface area contributed by atoms with E-state index in [0.29, 0.717) is 18.6 Å². The molecule has 3 fully saturated rings. The highest BCUT2D eigenvalue weighted by atomic mass is 19.4. The highest BCUT2D eigenvalue weighted by Gasteiger charge is 2.46. The molecule has 1 aliphatic carbocycles. The lowest BCUT2D eigenvalue weighted by Crippen LogP contribution is -2.45. The first-order valence-electron chi connectivity index (χ1n) is 11.2. The van der Waals surface area contributed by atoms with Crippen molar-refractivity contribution in [3.63, 3.8) is 0 Å². The summed E-state index contributed by atoms with van der Waals surface area (Å²) < 4.78 is 44.2. The first-order chi connectivity index (χ1) is 15.3. The quantitative estimate of drug-likeness (QED) is 0.741. The van der Waals surface area contributed by atoms with Gasteiger partial charge in [-0.05, 0) is 56.7 Å². The number of aromatic nitrogens is 1. The van der Waals surface area contributed by atoms with Crippen molar-refractivity contribution >= 4 is 22.7 Å². The third-order valence-corrected chi connectivity index (χ3v) is 7.28. The number of amides is 1. The van der Waals surface area contributed by atoms with Crippen molar-refractivity contribution in [2.24, 2.45) is 0 Å². The molecule has 2 aromatic rings. The molecule has 5 rings (SSSR count). The van der Waals surface area contributed by atoms with E-state index in [9.17, 15) is 23.1 Å². The van der Waals surface area contributed by atoms with Crippen LogP contribution < -0.4 is 5.32 Å². The van der Waals surface area contributed by atoms with Crippen molar-refractivity contribution in [3.8, 4) is 0 Å². The Morgan fingerprint density at radius 1 is 1.12 bits per heavy atom. The molecule has 10 heteroatoms. The molecule has 0 bridgehead atoms. The summed E-state index contributed by atoms with van der Waals surface area (Å²) in [5, 5.41) is 16.7. The smallest absolute Gasteiger partial charge is 0.393 e. The SMILES string of the molecule is O=C(CNc1noc2ccc(C(F)(F)F)cc12)N1CCC2C1CCN2C1CCC(O)CC1. The Balaban J connectivity index is 1.22. The fourth-order valence-electron chi connectivity index (χ4n) is 5.68. The molecule has 0 spiro atoms. The third-order valence-electron chi connectivity index (χ3n) is 7.28. The van der Waals surface area contributed by atoms with Gasteiger partial charge in [0.1, 0.15) is 0 Å². The minimum absolute atomic E-state index is 0.0449. The second kappa shape index (κ2) is 8.22. The predicted molar refractivity (Wildman–Crippen MR) is 111 cm³/mol. The van der Waals surface area contributed by atoms with Crippen molar-refractivity contribution in [1.82, 2.24) is 15.0 Å². The molecular weight excluding hydrogens is 425 g/mol. The number of benzene rings is 1. The van der Waals surface area contributed by atoms with Crippen molar-refractivity contribution in [2.45, 2.75) is 68.9 Å². The van der Waals surface area contributed by atoms with E-state index in [1.807, 2.05) is 4.90 Å². The maximum absolute atomic E-state index is 13.0. The number of aliphatic hydroxyl groups excluding tert-OH is 1. The van der Waals surface area contributed by atoms with Gasteiger partial charge < -0.3 is 19.8 Å². The topological polar surface area (TPSA) is 81.8 Å². The molecule has 1 aromatic heterocycles. The summed E-state index contributed by atoms with van der Waals surface area (Å²) in [6.45, 7) is 1.59. The van der Waals surface area contributed by atoms with Crippen molar-refractivity contribution < 1.29 is 27.6 Å². The van der Waals surface area contributed by atoms with Crippen LogP contribution in [0.3, 0.4) is 0 Å². The maximum Gasteiger partial charge on any atom is 0.416 e. The van der Waals surface area contributed by atoms with Crippen LogP contribution in [0.25, 0.3) is 11.0 Å². The molecule has 0 radical (unpaired) electrons. The van der Waals surface area contributed by atoms with Gasteiger partial charge in [-0.1, -0.05) is 5.16 Å². The molecule has 1 amide bonds. The van der Waals surface area contributed by atoms with Crippen LogP contribution in [0.4, 0.5) is 19.0 Å². The molecule has 7 nitrogen and oxygen atoms in total. The van der Waals surface area contributed by atoms with Gasteiger partial charge >= 0.3 is 6.18 Å². The van der Waals surface area contributed by atoms with E-state index < -0.39 is 11.7 Å². The Labute approximate surface area is 183 Å². The van der Waals surface area contributed by atoms with Gasteiger partial charge in [-0.2, -0.15) is 13.2 Å².